The van der Waals surface area contributed by atoms with Crippen molar-refractivity contribution in [3.05, 3.63) is 16.1 Å². The molecule has 1 aromatic heterocycles. The summed E-state index contributed by atoms with van der Waals surface area (Å²) in [6.45, 7) is 12.3. The second kappa shape index (κ2) is 8.02. The average Bonchev–Trinajstić information content (AvgIpc) is 2.82. The molecule has 0 aliphatic rings. The first-order valence-corrected chi connectivity index (χ1v) is 8.83. The lowest BCUT2D eigenvalue weighted by Crippen LogP contribution is -2.50. The Labute approximate surface area is 125 Å². The summed E-state index contributed by atoms with van der Waals surface area (Å²) >= 11 is 3.17. The Hall–Kier alpha value is -0.390. The Morgan fingerprint density at radius 3 is 2.42 bits per heavy atom. The zero-order chi connectivity index (χ0) is 14.3. The zero-order valence-electron chi connectivity index (χ0n) is 12.4. The highest BCUT2D eigenvalue weighted by Crippen LogP contribution is 2.17. The summed E-state index contributed by atoms with van der Waals surface area (Å²) in [4.78, 5) is 17.6. The fourth-order valence-electron chi connectivity index (χ4n) is 2.15. The summed E-state index contributed by atoms with van der Waals surface area (Å²) in [6.07, 6.45) is 0.956. The number of quaternary nitrogens is 1. The number of carbonyl (C=O) groups excluding carboxylic acids is 1. The summed E-state index contributed by atoms with van der Waals surface area (Å²) in [6, 6.07) is 0. The molecular weight excluding hydrogens is 276 g/mol. The molecule has 19 heavy (non-hydrogen) atoms. The highest BCUT2D eigenvalue weighted by atomic mass is 32.2. The van der Waals surface area contributed by atoms with E-state index in [2.05, 4.69) is 25.8 Å². The number of aromatic nitrogens is 1. The number of hydrogen-bond donors (Lipinski definition) is 0. The fraction of sp³-hybridized carbons (Fsp3) is 0.714. The molecule has 0 aliphatic carbocycles. The SMILES string of the molecule is CC[N+](CC)(CC)CC(=O)SCCc1scnc1C. The molecule has 0 saturated heterocycles. The van der Waals surface area contributed by atoms with Crippen LogP contribution in [0.5, 0.6) is 0 Å². The van der Waals surface area contributed by atoms with Crippen LogP contribution in [-0.2, 0) is 11.2 Å². The zero-order valence-corrected chi connectivity index (χ0v) is 14.1. The van der Waals surface area contributed by atoms with Gasteiger partial charge in [0.05, 0.1) is 30.8 Å². The maximum atomic E-state index is 12.1. The monoisotopic (exact) mass is 301 g/mol. The largest absolute Gasteiger partial charge is 0.317 e. The van der Waals surface area contributed by atoms with E-state index in [0.29, 0.717) is 11.7 Å². The fourth-order valence-corrected chi connectivity index (χ4v) is 3.96. The van der Waals surface area contributed by atoms with E-state index in [9.17, 15) is 4.79 Å². The molecule has 0 N–H and O–H groups in total. The van der Waals surface area contributed by atoms with Gasteiger partial charge in [0.1, 0.15) is 6.54 Å². The Kier molecular flexibility index (Phi) is 7.04. The molecule has 0 bridgehead atoms. The summed E-state index contributed by atoms with van der Waals surface area (Å²) in [5, 5.41) is 0.327. The minimum atomic E-state index is 0.327. The number of carbonyl (C=O) groups is 1. The van der Waals surface area contributed by atoms with Crippen molar-refractivity contribution in [2.24, 2.45) is 0 Å². The van der Waals surface area contributed by atoms with Gasteiger partial charge in [-0.15, -0.1) is 11.3 Å². The van der Waals surface area contributed by atoms with E-state index in [4.69, 9.17) is 0 Å². The summed E-state index contributed by atoms with van der Waals surface area (Å²) in [5.41, 5.74) is 2.99. The maximum absolute atomic E-state index is 12.1. The number of likely N-dealkylation sites (N-methyl/N-ethyl adjacent to an activating group) is 1. The van der Waals surface area contributed by atoms with Crippen LogP contribution in [0.2, 0.25) is 0 Å². The average molecular weight is 302 g/mol. The van der Waals surface area contributed by atoms with Crippen molar-refractivity contribution in [1.82, 2.24) is 4.98 Å². The first kappa shape index (κ1) is 16.7. The Morgan fingerprint density at radius 2 is 1.95 bits per heavy atom. The van der Waals surface area contributed by atoms with Crippen LogP contribution in [0.15, 0.2) is 5.51 Å². The number of aryl methyl sites for hydroxylation is 2. The molecule has 0 unspecified atom stereocenters. The van der Waals surface area contributed by atoms with E-state index < -0.39 is 0 Å². The highest BCUT2D eigenvalue weighted by molar-refractivity contribution is 8.13. The molecule has 1 heterocycles. The second-order valence-electron chi connectivity index (χ2n) is 4.78. The molecule has 0 atom stereocenters. The lowest BCUT2D eigenvalue weighted by atomic mass is 10.3. The van der Waals surface area contributed by atoms with Gasteiger partial charge in [-0.1, -0.05) is 11.8 Å². The van der Waals surface area contributed by atoms with E-state index in [1.54, 1.807) is 11.3 Å². The number of thiazole rings is 1. The molecule has 1 rings (SSSR count). The van der Waals surface area contributed by atoms with E-state index in [1.807, 2.05) is 12.4 Å². The van der Waals surface area contributed by atoms with Crippen molar-refractivity contribution in [2.75, 3.05) is 31.9 Å². The Bertz CT molecular complexity index is 392. The van der Waals surface area contributed by atoms with Crippen LogP contribution >= 0.6 is 23.1 Å². The van der Waals surface area contributed by atoms with Crippen LogP contribution in [0, 0.1) is 6.92 Å². The summed E-state index contributed by atoms with van der Waals surface area (Å²) in [5.74, 6) is 0.874. The van der Waals surface area contributed by atoms with Gasteiger partial charge >= 0.3 is 0 Å². The third-order valence-corrected chi connectivity index (χ3v) is 5.77. The molecule has 0 aromatic carbocycles. The van der Waals surface area contributed by atoms with Crippen molar-refractivity contribution in [2.45, 2.75) is 34.1 Å². The second-order valence-corrected chi connectivity index (χ2v) is 6.87. The third-order valence-electron chi connectivity index (χ3n) is 3.91. The van der Waals surface area contributed by atoms with Crippen molar-refractivity contribution >= 4 is 28.2 Å². The van der Waals surface area contributed by atoms with Gasteiger partial charge in [0.2, 0.25) is 5.12 Å². The van der Waals surface area contributed by atoms with Crippen LogP contribution in [0.4, 0.5) is 0 Å². The molecular formula is C14H25N2OS2+. The van der Waals surface area contributed by atoms with Crippen LogP contribution in [0.25, 0.3) is 0 Å². The number of rotatable bonds is 8. The number of thioether (sulfide) groups is 1. The molecule has 1 aromatic rings. The normalized spacial score (nSPS) is 11.8. The summed E-state index contributed by atoms with van der Waals surface area (Å²) in [7, 11) is 0. The van der Waals surface area contributed by atoms with Gasteiger partial charge in [-0.2, -0.15) is 0 Å². The topological polar surface area (TPSA) is 30.0 Å². The van der Waals surface area contributed by atoms with Crippen LogP contribution < -0.4 is 0 Å². The van der Waals surface area contributed by atoms with Gasteiger partial charge in [-0.3, -0.25) is 4.79 Å². The molecule has 108 valence electrons. The quantitative estimate of drug-likeness (QED) is 0.691. The molecule has 0 spiro atoms. The predicted molar refractivity (Wildman–Crippen MR) is 84.8 cm³/mol. The van der Waals surface area contributed by atoms with Crippen molar-refractivity contribution in [3.63, 3.8) is 0 Å². The van der Waals surface area contributed by atoms with Gasteiger partial charge in [0.25, 0.3) is 0 Å². The van der Waals surface area contributed by atoms with Gasteiger partial charge in [0, 0.05) is 10.6 Å². The highest BCUT2D eigenvalue weighted by Gasteiger charge is 2.24. The number of nitrogens with zero attached hydrogens (tertiary/aromatic N) is 2. The van der Waals surface area contributed by atoms with Crippen LogP contribution in [-0.4, -0.2) is 46.5 Å². The lowest BCUT2D eigenvalue weighted by molar-refractivity contribution is -0.915. The molecule has 0 amide bonds. The van der Waals surface area contributed by atoms with Crippen molar-refractivity contribution in [3.8, 4) is 0 Å². The minimum absolute atomic E-state index is 0.327. The smallest absolute Gasteiger partial charge is 0.243 e. The Morgan fingerprint density at radius 1 is 1.32 bits per heavy atom. The molecule has 0 radical (unpaired) electrons. The minimum Gasteiger partial charge on any atom is -0.317 e. The first-order valence-electron chi connectivity index (χ1n) is 6.96. The van der Waals surface area contributed by atoms with Gasteiger partial charge in [-0.05, 0) is 34.1 Å². The molecule has 5 heteroatoms. The van der Waals surface area contributed by atoms with Gasteiger partial charge in [-0.25, -0.2) is 4.98 Å². The maximum Gasteiger partial charge on any atom is 0.243 e. The molecule has 0 saturated carbocycles. The van der Waals surface area contributed by atoms with E-state index >= 15 is 0 Å². The molecule has 3 nitrogen and oxygen atoms in total. The van der Waals surface area contributed by atoms with Gasteiger partial charge in [0.15, 0.2) is 0 Å². The lowest BCUT2D eigenvalue weighted by Gasteiger charge is -2.34. The summed E-state index contributed by atoms with van der Waals surface area (Å²) < 4.78 is 0.908. The number of hydrogen-bond acceptors (Lipinski definition) is 4. The van der Waals surface area contributed by atoms with E-state index in [0.717, 1.165) is 42.0 Å². The Balaban J connectivity index is 2.37. The van der Waals surface area contributed by atoms with Gasteiger partial charge < -0.3 is 4.48 Å². The third kappa shape index (κ3) is 4.89. The van der Waals surface area contributed by atoms with E-state index in [-0.39, 0.29) is 0 Å². The van der Waals surface area contributed by atoms with Crippen molar-refractivity contribution in [1.29, 1.82) is 0 Å². The van der Waals surface area contributed by atoms with Crippen LogP contribution in [0.1, 0.15) is 31.3 Å². The predicted octanol–water partition coefficient (Wildman–Crippen LogP) is 3.13. The van der Waals surface area contributed by atoms with E-state index in [1.165, 1.54) is 16.6 Å². The van der Waals surface area contributed by atoms with Crippen LogP contribution in [0.3, 0.4) is 0 Å². The standard InChI is InChI=1S/C14H25N2OS2/c1-5-16(6-2,7-3)10-14(17)18-9-8-13-12(4)15-11-19-13/h11H,5-10H2,1-4H3/q+1. The van der Waals surface area contributed by atoms with Crippen molar-refractivity contribution < 1.29 is 9.28 Å². The first-order chi connectivity index (χ1) is 9.06. The molecule has 0 aliphatic heterocycles. The molecule has 0 fully saturated rings.